The molecule has 7 nitrogen and oxygen atoms in total. The predicted molar refractivity (Wildman–Crippen MR) is 66.7 cm³/mol. The highest BCUT2D eigenvalue weighted by Crippen LogP contribution is 2.27. The van der Waals surface area contributed by atoms with Crippen molar-refractivity contribution in [1.29, 1.82) is 0 Å². The summed E-state index contributed by atoms with van der Waals surface area (Å²) in [6, 6.07) is 2.88. The van der Waals surface area contributed by atoms with Gasteiger partial charge in [0.05, 0.1) is 11.0 Å². The summed E-state index contributed by atoms with van der Waals surface area (Å²) in [5.74, 6) is -1.21. The summed E-state index contributed by atoms with van der Waals surface area (Å²) in [5.41, 5.74) is -1.09. The summed E-state index contributed by atoms with van der Waals surface area (Å²) in [6.07, 6.45) is 3.05. The monoisotopic (exact) mass is 304 g/mol. The van der Waals surface area contributed by atoms with Gasteiger partial charge in [-0.05, 0) is 25.0 Å². The topological polar surface area (TPSA) is 98.5 Å². The van der Waals surface area contributed by atoms with Crippen LogP contribution in [-0.2, 0) is 14.9 Å². The van der Waals surface area contributed by atoms with E-state index in [2.05, 4.69) is 0 Å². The van der Waals surface area contributed by atoms with Crippen LogP contribution in [0.3, 0.4) is 0 Å². The number of nitrogens with one attached hydrogen (secondary N) is 1. The molecule has 110 valence electrons. The standard InChI is InChI=1S/C11H13FN2O5S/c12-9-6-3-7-10(11(9)14(15)16)20(17,18)13-19-8-4-1-2-5-8/h3,6-8,13H,1-2,4-5H2. The Labute approximate surface area is 114 Å². The van der Waals surface area contributed by atoms with E-state index in [0.29, 0.717) is 12.8 Å². The molecule has 0 bridgehead atoms. The predicted octanol–water partition coefficient (Wildman–Crippen LogP) is 1.89. The van der Waals surface area contributed by atoms with E-state index in [-0.39, 0.29) is 6.10 Å². The number of nitrogens with zero attached hydrogens (tertiary/aromatic N) is 1. The number of halogens is 1. The maximum absolute atomic E-state index is 13.4. The maximum atomic E-state index is 13.4. The SMILES string of the molecule is O=[N+]([O-])c1c(F)cccc1S(=O)(=O)NOC1CCCC1. The molecule has 0 saturated heterocycles. The molecule has 9 heteroatoms. The molecule has 2 rings (SSSR count). The fourth-order valence-electron chi connectivity index (χ4n) is 2.07. The lowest BCUT2D eigenvalue weighted by atomic mass is 10.3. The zero-order valence-corrected chi connectivity index (χ0v) is 11.2. The van der Waals surface area contributed by atoms with E-state index < -0.39 is 31.3 Å². The van der Waals surface area contributed by atoms with Crippen LogP contribution in [0.25, 0.3) is 0 Å². The first-order chi connectivity index (χ1) is 9.42. The van der Waals surface area contributed by atoms with E-state index in [9.17, 15) is 22.9 Å². The number of para-hydroxylation sites is 1. The number of hydrogen-bond acceptors (Lipinski definition) is 5. The first-order valence-electron chi connectivity index (χ1n) is 6.02. The van der Waals surface area contributed by atoms with Crippen LogP contribution in [0.4, 0.5) is 10.1 Å². The molecule has 1 fully saturated rings. The molecular weight excluding hydrogens is 291 g/mol. The number of benzene rings is 1. The third-order valence-electron chi connectivity index (χ3n) is 3.05. The lowest BCUT2D eigenvalue weighted by Gasteiger charge is -2.12. The van der Waals surface area contributed by atoms with Gasteiger partial charge in [-0.1, -0.05) is 23.8 Å². The van der Waals surface area contributed by atoms with Gasteiger partial charge in [0.15, 0.2) is 4.90 Å². The van der Waals surface area contributed by atoms with Crippen molar-refractivity contribution in [3.05, 3.63) is 34.1 Å². The van der Waals surface area contributed by atoms with Crippen LogP contribution in [0.1, 0.15) is 25.7 Å². The molecule has 1 saturated carbocycles. The summed E-state index contributed by atoms with van der Waals surface area (Å²) >= 11 is 0. The van der Waals surface area contributed by atoms with Crippen LogP contribution < -0.4 is 4.89 Å². The van der Waals surface area contributed by atoms with Gasteiger partial charge in [-0.2, -0.15) is 4.39 Å². The minimum absolute atomic E-state index is 0.252. The summed E-state index contributed by atoms with van der Waals surface area (Å²) < 4.78 is 37.3. The van der Waals surface area contributed by atoms with Crippen molar-refractivity contribution >= 4 is 15.7 Å². The molecule has 20 heavy (non-hydrogen) atoms. The summed E-state index contributed by atoms with van der Waals surface area (Å²) in [5, 5.41) is 10.8. The molecule has 0 radical (unpaired) electrons. The Morgan fingerprint density at radius 3 is 2.60 bits per heavy atom. The Morgan fingerprint density at radius 1 is 1.35 bits per heavy atom. The summed E-state index contributed by atoms with van der Waals surface area (Å²) in [7, 11) is -4.30. The average Bonchev–Trinajstić information content (AvgIpc) is 2.89. The van der Waals surface area contributed by atoms with Crippen LogP contribution in [0.2, 0.25) is 0 Å². The van der Waals surface area contributed by atoms with Crippen molar-refractivity contribution < 1.29 is 22.6 Å². The Bertz CT molecular complexity index is 613. The molecule has 0 unspecified atom stereocenters. The van der Waals surface area contributed by atoms with E-state index in [0.717, 1.165) is 31.0 Å². The largest absolute Gasteiger partial charge is 0.324 e. The van der Waals surface area contributed by atoms with E-state index >= 15 is 0 Å². The minimum Gasteiger partial charge on any atom is -0.284 e. The summed E-state index contributed by atoms with van der Waals surface area (Å²) in [6.45, 7) is 0. The van der Waals surface area contributed by atoms with Gasteiger partial charge in [0.1, 0.15) is 0 Å². The van der Waals surface area contributed by atoms with Gasteiger partial charge in [-0.25, -0.2) is 8.42 Å². The minimum atomic E-state index is -4.30. The molecular formula is C11H13FN2O5S. The van der Waals surface area contributed by atoms with Crippen molar-refractivity contribution in [2.45, 2.75) is 36.7 Å². The number of nitro benzene ring substituents is 1. The second kappa shape index (κ2) is 5.81. The fraction of sp³-hybridized carbons (Fsp3) is 0.455. The Morgan fingerprint density at radius 2 is 2.00 bits per heavy atom. The molecule has 0 amide bonds. The smallest absolute Gasteiger partial charge is 0.284 e. The lowest BCUT2D eigenvalue weighted by Crippen LogP contribution is -2.29. The molecule has 0 heterocycles. The van der Waals surface area contributed by atoms with Gasteiger partial charge in [-0.15, -0.1) is 0 Å². The van der Waals surface area contributed by atoms with Crippen molar-refractivity contribution in [2.24, 2.45) is 0 Å². The molecule has 1 N–H and O–H groups in total. The van der Waals surface area contributed by atoms with E-state index in [1.54, 1.807) is 0 Å². The Balaban J connectivity index is 2.24. The fourth-order valence-corrected chi connectivity index (χ4v) is 3.11. The third-order valence-corrected chi connectivity index (χ3v) is 4.27. The highest BCUT2D eigenvalue weighted by Gasteiger charge is 2.30. The Hall–Kier alpha value is -1.58. The molecule has 0 atom stereocenters. The number of nitro groups is 1. The zero-order chi connectivity index (χ0) is 14.8. The van der Waals surface area contributed by atoms with Crippen LogP contribution in [0, 0.1) is 15.9 Å². The molecule has 1 aliphatic rings. The first-order valence-corrected chi connectivity index (χ1v) is 7.50. The molecule has 1 aromatic carbocycles. The third kappa shape index (κ3) is 3.11. The van der Waals surface area contributed by atoms with Crippen molar-refractivity contribution in [3.8, 4) is 0 Å². The normalized spacial score (nSPS) is 16.4. The van der Waals surface area contributed by atoms with E-state index in [1.807, 2.05) is 4.89 Å². The molecule has 1 aliphatic carbocycles. The van der Waals surface area contributed by atoms with Gasteiger partial charge in [-0.3, -0.25) is 15.0 Å². The number of rotatable bonds is 5. The second-order valence-corrected chi connectivity index (χ2v) is 6.07. The van der Waals surface area contributed by atoms with Crippen molar-refractivity contribution in [1.82, 2.24) is 4.89 Å². The molecule has 0 spiro atoms. The van der Waals surface area contributed by atoms with Crippen molar-refractivity contribution in [2.75, 3.05) is 0 Å². The number of sulfonamides is 1. The quantitative estimate of drug-likeness (QED) is 0.661. The molecule has 1 aromatic rings. The van der Waals surface area contributed by atoms with Gasteiger partial charge in [0, 0.05) is 0 Å². The van der Waals surface area contributed by atoms with Crippen LogP contribution >= 0.6 is 0 Å². The molecule has 0 aromatic heterocycles. The van der Waals surface area contributed by atoms with Gasteiger partial charge in [0.2, 0.25) is 5.82 Å². The van der Waals surface area contributed by atoms with Crippen molar-refractivity contribution in [3.63, 3.8) is 0 Å². The van der Waals surface area contributed by atoms with Gasteiger partial charge >= 0.3 is 5.69 Å². The highest BCUT2D eigenvalue weighted by atomic mass is 32.2. The summed E-state index contributed by atoms with van der Waals surface area (Å²) in [4.78, 5) is 15.8. The lowest BCUT2D eigenvalue weighted by molar-refractivity contribution is -0.390. The second-order valence-electron chi connectivity index (χ2n) is 4.45. The van der Waals surface area contributed by atoms with Gasteiger partial charge in [0.25, 0.3) is 10.0 Å². The van der Waals surface area contributed by atoms with E-state index in [1.165, 1.54) is 0 Å². The van der Waals surface area contributed by atoms with Crippen LogP contribution in [-0.4, -0.2) is 19.4 Å². The number of hydrogen-bond donors (Lipinski definition) is 1. The van der Waals surface area contributed by atoms with E-state index in [4.69, 9.17) is 4.84 Å². The van der Waals surface area contributed by atoms with Crippen LogP contribution in [0.15, 0.2) is 23.1 Å². The molecule has 0 aliphatic heterocycles. The zero-order valence-electron chi connectivity index (χ0n) is 10.4. The highest BCUT2D eigenvalue weighted by molar-refractivity contribution is 7.89. The Kier molecular flexibility index (Phi) is 4.31. The first kappa shape index (κ1) is 14.8. The maximum Gasteiger partial charge on any atom is 0.324 e. The van der Waals surface area contributed by atoms with Gasteiger partial charge < -0.3 is 0 Å². The van der Waals surface area contributed by atoms with Crippen LogP contribution in [0.5, 0.6) is 0 Å². The average molecular weight is 304 g/mol.